The van der Waals surface area contributed by atoms with E-state index in [-0.39, 0.29) is 16.0 Å². The number of hydrogen-bond acceptors (Lipinski definition) is 6. The van der Waals surface area contributed by atoms with E-state index in [2.05, 4.69) is 86.8 Å². The maximum Gasteiger partial charge on any atom is 0.338 e. The molecule has 6 nitrogen and oxygen atoms in total. The molecule has 0 N–H and O–H groups in total. The Morgan fingerprint density at radius 3 is 2.08 bits per heavy atom. The van der Waals surface area contributed by atoms with Gasteiger partial charge >= 0.3 is 5.97 Å². The average Bonchev–Trinajstić information content (AvgIpc) is 3.17. The van der Waals surface area contributed by atoms with Crippen LogP contribution < -0.4 is 0 Å². The normalized spacial score (nSPS) is 21.1. The third-order valence-corrected chi connectivity index (χ3v) is 17.5. The van der Waals surface area contributed by atoms with Crippen LogP contribution >= 0.6 is 0 Å². The van der Waals surface area contributed by atoms with Crippen molar-refractivity contribution in [2.45, 2.75) is 123 Å². The number of carbonyl (C=O) groups is 1. The Morgan fingerprint density at radius 2 is 1.59 bits per heavy atom. The molecule has 39 heavy (non-hydrogen) atoms. The standard InChI is InChI=1S/C31H54O6Si2/c1-23(18-17-21-34-38(10,11)29(2,3)4)26(37-39(12,13)30(5,6)7)27(25-22-33-31(8,9)36-25)35-28(32)24-19-15-14-16-20-24/h14-20,23,25-27H,21-22H2,1-13H3/b18-17-/t23-,25+,26+,27+/m0/s1. The van der Waals surface area contributed by atoms with Crippen molar-refractivity contribution in [1.29, 1.82) is 0 Å². The van der Waals surface area contributed by atoms with Crippen molar-refractivity contribution in [2.24, 2.45) is 5.92 Å². The molecule has 1 fully saturated rings. The lowest BCUT2D eigenvalue weighted by Crippen LogP contribution is -2.53. The van der Waals surface area contributed by atoms with Crippen LogP contribution in [0.1, 0.15) is 72.7 Å². The van der Waals surface area contributed by atoms with Gasteiger partial charge in [0.25, 0.3) is 0 Å². The number of rotatable bonds is 11. The van der Waals surface area contributed by atoms with Gasteiger partial charge in [-0.2, -0.15) is 0 Å². The molecule has 1 aliphatic rings. The van der Waals surface area contributed by atoms with Gasteiger partial charge in [-0.15, -0.1) is 0 Å². The molecule has 0 spiro atoms. The molecule has 0 unspecified atom stereocenters. The van der Waals surface area contributed by atoms with Crippen LogP contribution in [0.4, 0.5) is 0 Å². The first-order chi connectivity index (χ1) is 17.7. The van der Waals surface area contributed by atoms with Crippen molar-refractivity contribution in [3.05, 3.63) is 48.0 Å². The van der Waals surface area contributed by atoms with Gasteiger partial charge in [0.1, 0.15) is 6.10 Å². The third-order valence-electron chi connectivity index (χ3n) is 8.51. The average molecular weight is 579 g/mol. The number of carbonyl (C=O) groups excluding carboxylic acids is 1. The van der Waals surface area contributed by atoms with Gasteiger partial charge in [0.05, 0.1) is 24.9 Å². The zero-order valence-electron chi connectivity index (χ0n) is 26.7. The van der Waals surface area contributed by atoms with Crippen LogP contribution in [-0.4, -0.2) is 59.9 Å². The molecule has 1 aromatic carbocycles. The van der Waals surface area contributed by atoms with Crippen molar-refractivity contribution in [3.63, 3.8) is 0 Å². The number of esters is 1. The lowest BCUT2D eigenvalue weighted by atomic mass is 9.95. The molecule has 1 aliphatic heterocycles. The Hall–Kier alpha value is -1.30. The second-order valence-electron chi connectivity index (χ2n) is 14.3. The van der Waals surface area contributed by atoms with Gasteiger partial charge in [0.15, 0.2) is 28.5 Å². The van der Waals surface area contributed by atoms with Crippen LogP contribution in [-0.2, 0) is 23.1 Å². The summed E-state index contributed by atoms with van der Waals surface area (Å²) in [7, 11) is -4.13. The predicted molar refractivity (Wildman–Crippen MR) is 164 cm³/mol. The number of ether oxygens (including phenoxy) is 3. The van der Waals surface area contributed by atoms with Gasteiger partial charge in [0.2, 0.25) is 0 Å². The molecule has 1 aromatic rings. The van der Waals surface area contributed by atoms with Crippen molar-refractivity contribution in [3.8, 4) is 0 Å². The molecule has 1 saturated heterocycles. The molecular formula is C31H54O6Si2. The van der Waals surface area contributed by atoms with E-state index in [1.165, 1.54) is 0 Å². The fourth-order valence-electron chi connectivity index (χ4n) is 3.84. The minimum absolute atomic E-state index is 0.0274. The Kier molecular flexibility index (Phi) is 11.0. The molecule has 8 heteroatoms. The first-order valence-electron chi connectivity index (χ1n) is 14.2. The third kappa shape index (κ3) is 9.36. The van der Waals surface area contributed by atoms with Gasteiger partial charge in [-0.05, 0) is 62.2 Å². The molecule has 2 rings (SSSR count). The summed E-state index contributed by atoms with van der Waals surface area (Å²) < 4.78 is 31.9. The summed E-state index contributed by atoms with van der Waals surface area (Å²) in [6.07, 6.45) is 2.68. The van der Waals surface area contributed by atoms with Crippen molar-refractivity contribution in [1.82, 2.24) is 0 Å². The molecule has 0 aliphatic carbocycles. The summed E-state index contributed by atoms with van der Waals surface area (Å²) >= 11 is 0. The highest BCUT2D eigenvalue weighted by atomic mass is 28.4. The maximum absolute atomic E-state index is 13.3. The van der Waals surface area contributed by atoms with Gasteiger partial charge < -0.3 is 23.1 Å². The minimum Gasteiger partial charge on any atom is -0.453 e. The molecule has 0 radical (unpaired) electrons. The summed E-state index contributed by atoms with van der Waals surface area (Å²) in [5, 5.41) is 0.115. The van der Waals surface area contributed by atoms with E-state index in [9.17, 15) is 4.79 Å². The van der Waals surface area contributed by atoms with Crippen LogP contribution in [0.25, 0.3) is 0 Å². The summed E-state index contributed by atoms with van der Waals surface area (Å²) in [6.45, 7) is 29.1. The lowest BCUT2D eigenvalue weighted by Gasteiger charge is -2.43. The summed E-state index contributed by atoms with van der Waals surface area (Å²) in [4.78, 5) is 13.3. The van der Waals surface area contributed by atoms with E-state index in [0.717, 1.165) is 0 Å². The fourth-order valence-corrected chi connectivity index (χ4v) is 6.17. The molecule has 222 valence electrons. The number of hydrogen-bond donors (Lipinski definition) is 0. The van der Waals surface area contributed by atoms with E-state index >= 15 is 0 Å². The molecule has 0 saturated carbocycles. The summed E-state index contributed by atoms with van der Waals surface area (Å²) in [5.41, 5.74) is 0.498. The van der Waals surface area contributed by atoms with E-state index in [1.807, 2.05) is 32.0 Å². The highest BCUT2D eigenvalue weighted by Gasteiger charge is 2.48. The largest absolute Gasteiger partial charge is 0.453 e. The van der Waals surface area contributed by atoms with Gasteiger partial charge in [-0.25, -0.2) is 4.79 Å². The zero-order chi connectivity index (χ0) is 29.9. The van der Waals surface area contributed by atoms with Crippen LogP contribution in [0.2, 0.25) is 36.3 Å². The molecule has 0 aromatic heterocycles. The summed E-state index contributed by atoms with van der Waals surface area (Å²) in [5.74, 6) is -1.22. The van der Waals surface area contributed by atoms with Crippen LogP contribution in [0.5, 0.6) is 0 Å². The summed E-state index contributed by atoms with van der Waals surface area (Å²) in [6, 6.07) is 9.08. The van der Waals surface area contributed by atoms with Crippen molar-refractivity contribution >= 4 is 22.6 Å². The van der Waals surface area contributed by atoms with Crippen LogP contribution in [0.3, 0.4) is 0 Å². The first-order valence-corrected chi connectivity index (χ1v) is 20.0. The van der Waals surface area contributed by atoms with E-state index in [0.29, 0.717) is 18.8 Å². The second-order valence-corrected chi connectivity index (χ2v) is 23.9. The van der Waals surface area contributed by atoms with Gasteiger partial charge in [-0.3, -0.25) is 0 Å². The Bertz CT molecular complexity index is 960. The molecule has 1 heterocycles. The monoisotopic (exact) mass is 578 g/mol. The Morgan fingerprint density at radius 1 is 1.03 bits per heavy atom. The van der Waals surface area contributed by atoms with E-state index in [4.69, 9.17) is 23.1 Å². The molecular weight excluding hydrogens is 525 g/mol. The Labute approximate surface area is 240 Å². The molecule has 0 bridgehead atoms. The van der Waals surface area contributed by atoms with Crippen LogP contribution in [0, 0.1) is 5.92 Å². The maximum atomic E-state index is 13.3. The quantitative estimate of drug-likeness (QED) is 0.151. The Balaban J connectivity index is 2.41. The van der Waals surface area contributed by atoms with Crippen molar-refractivity contribution in [2.75, 3.05) is 13.2 Å². The van der Waals surface area contributed by atoms with Crippen molar-refractivity contribution < 1.29 is 27.9 Å². The van der Waals surface area contributed by atoms with Gasteiger partial charge in [0, 0.05) is 5.92 Å². The zero-order valence-corrected chi connectivity index (χ0v) is 28.7. The topological polar surface area (TPSA) is 63.2 Å². The predicted octanol–water partition coefficient (Wildman–Crippen LogP) is 7.97. The van der Waals surface area contributed by atoms with E-state index in [1.54, 1.807) is 12.1 Å². The molecule has 0 amide bonds. The van der Waals surface area contributed by atoms with Crippen LogP contribution in [0.15, 0.2) is 42.5 Å². The second kappa shape index (κ2) is 12.7. The van der Waals surface area contributed by atoms with Gasteiger partial charge in [-0.1, -0.05) is 78.8 Å². The fraction of sp³-hybridized carbons (Fsp3) is 0.710. The first kappa shape index (κ1) is 33.9. The minimum atomic E-state index is -2.26. The smallest absolute Gasteiger partial charge is 0.338 e. The highest BCUT2D eigenvalue weighted by Crippen LogP contribution is 2.40. The highest BCUT2D eigenvalue weighted by molar-refractivity contribution is 6.74. The SMILES string of the molecule is C[C@@H](/C=C\CO[Si](C)(C)C(C)(C)C)[C@@H](O[Si](C)(C)C(C)(C)C)[C@H](OC(=O)c1ccccc1)[C@H]1COC(C)(C)O1. The molecule has 4 atom stereocenters. The van der Waals surface area contributed by atoms with E-state index < -0.39 is 46.7 Å². The number of benzene rings is 1. The lowest BCUT2D eigenvalue weighted by molar-refractivity contribution is -0.162.